The van der Waals surface area contributed by atoms with Crippen molar-refractivity contribution >= 4 is 28.5 Å². The summed E-state index contributed by atoms with van der Waals surface area (Å²) in [5.74, 6) is 0.236. The number of likely N-dealkylation sites (tertiary alicyclic amines) is 1. The maximum Gasteiger partial charge on any atom is 0.222 e. The van der Waals surface area contributed by atoms with E-state index in [-0.39, 0.29) is 5.91 Å². The van der Waals surface area contributed by atoms with Gasteiger partial charge in [-0.2, -0.15) is 0 Å². The molecule has 0 aromatic carbocycles. The third-order valence-electron chi connectivity index (χ3n) is 2.93. The molecular formula is C10H15IN4O. The van der Waals surface area contributed by atoms with Gasteiger partial charge in [-0.1, -0.05) is 12.1 Å². The Hall–Kier alpha value is -0.660. The fourth-order valence-corrected chi connectivity index (χ4v) is 2.70. The Balaban J connectivity index is 2.07. The van der Waals surface area contributed by atoms with E-state index >= 15 is 0 Å². The van der Waals surface area contributed by atoms with Gasteiger partial charge in [0.15, 0.2) is 0 Å². The van der Waals surface area contributed by atoms with E-state index < -0.39 is 0 Å². The van der Waals surface area contributed by atoms with Gasteiger partial charge in [0.25, 0.3) is 0 Å². The molecule has 5 nitrogen and oxygen atoms in total. The first-order chi connectivity index (χ1) is 7.72. The van der Waals surface area contributed by atoms with Crippen molar-refractivity contribution in [2.45, 2.75) is 32.2 Å². The number of carbonyl (C=O) groups excluding carboxylic acids is 1. The molecule has 1 unspecified atom stereocenters. The molecule has 1 saturated heterocycles. The minimum atomic E-state index is 0.236. The van der Waals surface area contributed by atoms with Crippen molar-refractivity contribution in [3.63, 3.8) is 0 Å². The monoisotopic (exact) mass is 334 g/mol. The van der Waals surface area contributed by atoms with Crippen molar-refractivity contribution in [1.82, 2.24) is 19.9 Å². The van der Waals surface area contributed by atoms with Crippen LogP contribution in [0.2, 0.25) is 0 Å². The molecule has 0 bridgehead atoms. The lowest BCUT2D eigenvalue weighted by molar-refractivity contribution is -0.132. The summed E-state index contributed by atoms with van der Waals surface area (Å²) in [4.78, 5) is 13.6. The summed E-state index contributed by atoms with van der Waals surface area (Å²) in [7, 11) is 0. The van der Waals surface area contributed by atoms with E-state index in [2.05, 4.69) is 32.9 Å². The first-order valence-electron chi connectivity index (χ1n) is 5.56. The van der Waals surface area contributed by atoms with Crippen LogP contribution >= 0.6 is 22.6 Å². The highest BCUT2D eigenvalue weighted by Crippen LogP contribution is 2.22. The molecule has 1 amide bonds. The molecule has 1 aromatic heterocycles. The molecule has 0 radical (unpaired) electrons. The lowest BCUT2D eigenvalue weighted by atomic mass is 10.1. The van der Waals surface area contributed by atoms with Crippen LogP contribution in [0, 0.1) is 3.70 Å². The SMILES string of the molecule is CCC(=O)N1CCCC(n2nncc2I)C1. The second kappa shape index (κ2) is 5.11. The second-order valence-corrected chi connectivity index (χ2v) is 5.10. The highest BCUT2D eigenvalue weighted by molar-refractivity contribution is 14.1. The van der Waals surface area contributed by atoms with Gasteiger partial charge in [0.2, 0.25) is 5.91 Å². The number of hydrogen-bond acceptors (Lipinski definition) is 3. The Morgan fingerprint density at radius 1 is 1.69 bits per heavy atom. The summed E-state index contributed by atoms with van der Waals surface area (Å²) in [6, 6.07) is 0.290. The van der Waals surface area contributed by atoms with E-state index in [9.17, 15) is 4.79 Å². The highest BCUT2D eigenvalue weighted by atomic mass is 127. The maximum atomic E-state index is 11.6. The van der Waals surface area contributed by atoms with Crippen LogP contribution in [-0.2, 0) is 4.79 Å². The van der Waals surface area contributed by atoms with Gasteiger partial charge in [-0.25, -0.2) is 4.68 Å². The number of aromatic nitrogens is 3. The van der Waals surface area contributed by atoms with Crippen LogP contribution in [0.1, 0.15) is 32.2 Å². The van der Waals surface area contributed by atoms with Crippen LogP contribution in [0.25, 0.3) is 0 Å². The average Bonchev–Trinajstić information content (AvgIpc) is 2.74. The Labute approximate surface area is 108 Å². The quantitative estimate of drug-likeness (QED) is 0.770. The average molecular weight is 334 g/mol. The predicted octanol–water partition coefficient (Wildman–Crippen LogP) is 1.46. The minimum absolute atomic E-state index is 0.236. The first-order valence-corrected chi connectivity index (χ1v) is 6.63. The van der Waals surface area contributed by atoms with Gasteiger partial charge in [-0.05, 0) is 35.4 Å². The van der Waals surface area contributed by atoms with E-state index in [0.717, 1.165) is 29.6 Å². The van der Waals surface area contributed by atoms with Crippen molar-refractivity contribution in [2.24, 2.45) is 0 Å². The number of nitrogens with zero attached hydrogens (tertiary/aromatic N) is 4. The molecule has 6 heteroatoms. The van der Waals surface area contributed by atoms with Crippen molar-refractivity contribution in [1.29, 1.82) is 0 Å². The predicted molar refractivity (Wildman–Crippen MR) is 67.9 cm³/mol. The van der Waals surface area contributed by atoms with Gasteiger partial charge in [0.05, 0.1) is 12.2 Å². The van der Waals surface area contributed by atoms with Crippen molar-refractivity contribution < 1.29 is 4.79 Å². The molecule has 88 valence electrons. The zero-order valence-corrected chi connectivity index (χ0v) is 11.4. The standard InChI is InChI=1S/C10H15IN4O/c1-2-10(16)14-5-3-4-8(7-14)15-9(11)6-12-13-15/h6,8H,2-5,7H2,1H3. The topological polar surface area (TPSA) is 51.0 Å². The third kappa shape index (κ3) is 2.36. The van der Waals surface area contributed by atoms with E-state index in [1.807, 2.05) is 16.5 Å². The van der Waals surface area contributed by atoms with Gasteiger partial charge in [0, 0.05) is 19.5 Å². The van der Waals surface area contributed by atoms with Crippen LogP contribution in [0.4, 0.5) is 0 Å². The number of halogens is 1. The fourth-order valence-electron chi connectivity index (χ4n) is 2.08. The first kappa shape index (κ1) is 11.8. The van der Waals surface area contributed by atoms with Crippen LogP contribution < -0.4 is 0 Å². The molecule has 1 aromatic rings. The minimum Gasteiger partial charge on any atom is -0.341 e. The van der Waals surface area contributed by atoms with Gasteiger partial charge in [0.1, 0.15) is 3.70 Å². The van der Waals surface area contributed by atoms with Crippen LogP contribution in [-0.4, -0.2) is 38.9 Å². The molecule has 0 saturated carbocycles. The Morgan fingerprint density at radius 2 is 2.50 bits per heavy atom. The summed E-state index contributed by atoms with van der Waals surface area (Å²) in [6.45, 7) is 3.56. The molecule has 0 spiro atoms. The van der Waals surface area contributed by atoms with E-state index in [1.165, 1.54) is 0 Å². The number of rotatable bonds is 2. The lowest BCUT2D eigenvalue weighted by Crippen LogP contribution is -2.40. The zero-order valence-electron chi connectivity index (χ0n) is 9.27. The van der Waals surface area contributed by atoms with Gasteiger partial charge < -0.3 is 4.90 Å². The summed E-state index contributed by atoms with van der Waals surface area (Å²) < 4.78 is 2.96. The third-order valence-corrected chi connectivity index (χ3v) is 3.70. The number of hydrogen-bond donors (Lipinski definition) is 0. The Kier molecular flexibility index (Phi) is 3.78. The van der Waals surface area contributed by atoms with Crippen molar-refractivity contribution in [2.75, 3.05) is 13.1 Å². The molecule has 16 heavy (non-hydrogen) atoms. The molecule has 0 aliphatic carbocycles. The summed E-state index contributed by atoms with van der Waals surface area (Å²) >= 11 is 2.23. The lowest BCUT2D eigenvalue weighted by Gasteiger charge is -2.32. The zero-order chi connectivity index (χ0) is 11.5. The molecule has 1 aliphatic rings. The number of carbonyl (C=O) groups is 1. The normalized spacial score (nSPS) is 21.1. The number of piperidine rings is 1. The fraction of sp³-hybridized carbons (Fsp3) is 0.700. The molecular weight excluding hydrogens is 319 g/mol. The maximum absolute atomic E-state index is 11.6. The molecule has 1 atom stereocenters. The number of amides is 1. The highest BCUT2D eigenvalue weighted by Gasteiger charge is 2.25. The molecule has 1 aliphatic heterocycles. The molecule has 0 N–H and O–H groups in total. The van der Waals surface area contributed by atoms with E-state index in [1.54, 1.807) is 6.20 Å². The van der Waals surface area contributed by atoms with Gasteiger partial charge in [-0.15, -0.1) is 5.10 Å². The molecule has 2 rings (SSSR count). The van der Waals surface area contributed by atoms with Gasteiger partial charge in [-0.3, -0.25) is 4.79 Å². The smallest absolute Gasteiger partial charge is 0.222 e. The van der Waals surface area contributed by atoms with Crippen LogP contribution in [0.5, 0.6) is 0 Å². The Morgan fingerprint density at radius 3 is 3.12 bits per heavy atom. The molecule has 2 heterocycles. The summed E-state index contributed by atoms with van der Waals surface area (Å²) in [5, 5.41) is 7.97. The molecule has 1 fully saturated rings. The van der Waals surface area contributed by atoms with Crippen molar-refractivity contribution in [3.05, 3.63) is 9.90 Å². The summed E-state index contributed by atoms with van der Waals surface area (Å²) in [5.41, 5.74) is 0. The largest absolute Gasteiger partial charge is 0.341 e. The van der Waals surface area contributed by atoms with Crippen molar-refractivity contribution in [3.8, 4) is 0 Å². The van der Waals surface area contributed by atoms with E-state index in [0.29, 0.717) is 12.5 Å². The summed E-state index contributed by atoms with van der Waals surface area (Å²) in [6.07, 6.45) is 4.46. The van der Waals surface area contributed by atoms with Crippen LogP contribution in [0.3, 0.4) is 0 Å². The van der Waals surface area contributed by atoms with Gasteiger partial charge >= 0.3 is 0 Å². The van der Waals surface area contributed by atoms with Crippen LogP contribution in [0.15, 0.2) is 6.20 Å². The van der Waals surface area contributed by atoms with E-state index in [4.69, 9.17) is 0 Å². The Bertz CT molecular complexity index is 379. The second-order valence-electron chi connectivity index (χ2n) is 3.99.